The third kappa shape index (κ3) is 2.84. The van der Waals surface area contributed by atoms with Crippen LogP contribution in [0.15, 0.2) is 54.7 Å². The average molecular weight is 316 g/mol. The summed E-state index contributed by atoms with van der Waals surface area (Å²) in [6.07, 6.45) is 9.21. The first-order chi connectivity index (χ1) is 11.7. The molecule has 24 heavy (non-hydrogen) atoms. The van der Waals surface area contributed by atoms with Crippen molar-refractivity contribution in [1.82, 2.24) is 0 Å². The van der Waals surface area contributed by atoms with Crippen LogP contribution in [0.2, 0.25) is 0 Å². The normalized spacial score (nSPS) is 15.8. The Hall–Kier alpha value is -2.15. The van der Waals surface area contributed by atoms with Crippen LogP contribution >= 0.6 is 0 Å². The molecular weight excluding hydrogens is 290 g/mol. The van der Waals surface area contributed by atoms with Crippen molar-refractivity contribution in [2.45, 2.75) is 44.9 Å². The zero-order valence-electron chi connectivity index (χ0n) is 14.8. The molecule has 3 aromatic rings. The highest BCUT2D eigenvalue weighted by molar-refractivity contribution is 5.84. The molecule has 0 bridgehead atoms. The minimum Gasteiger partial charge on any atom is -0.200 e. The molecular formula is C23H26N+. The van der Waals surface area contributed by atoms with Crippen LogP contribution in [0.5, 0.6) is 0 Å². The van der Waals surface area contributed by atoms with Crippen LogP contribution in [-0.2, 0) is 7.05 Å². The lowest BCUT2D eigenvalue weighted by atomic mass is 9.83. The molecule has 1 aromatic heterocycles. The maximum atomic E-state index is 2.42. The summed E-state index contributed by atoms with van der Waals surface area (Å²) >= 11 is 0. The second-order valence-corrected chi connectivity index (χ2v) is 7.31. The molecule has 0 atom stereocenters. The summed E-state index contributed by atoms with van der Waals surface area (Å²) in [6, 6.07) is 18.1. The van der Waals surface area contributed by atoms with Gasteiger partial charge in [-0.2, -0.15) is 0 Å². The minimum absolute atomic E-state index is 0.768. The quantitative estimate of drug-likeness (QED) is 0.535. The van der Waals surface area contributed by atoms with Crippen molar-refractivity contribution in [3.63, 3.8) is 0 Å². The number of aryl methyl sites for hydroxylation is 2. The number of nitrogens with zero attached hydrogens (tertiary/aromatic N) is 1. The summed E-state index contributed by atoms with van der Waals surface area (Å²) in [6.45, 7) is 2.19. The Labute approximate surface area is 145 Å². The Balaban J connectivity index is 1.78. The van der Waals surface area contributed by atoms with E-state index in [1.807, 2.05) is 0 Å². The van der Waals surface area contributed by atoms with Gasteiger partial charge in [-0.25, -0.2) is 4.57 Å². The molecule has 0 amide bonds. The topological polar surface area (TPSA) is 3.88 Å². The molecule has 0 saturated heterocycles. The van der Waals surface area contributed by atoms with Gasteiger partial charge in [-0.1, -0.05) is 49.6 Å². The number of benzene rings is 2. The summed E-state index contributed by atoms with van der Waals surface area (Å²) < 4.78 is 2.27. The van der Waals surface area contributed by atoms with Crippen molar-refractivity contribution in [2.75, 3.05) is 0 Å². The van der Waals surface area contributed by atoms with Crippen LogP contribution in [0.1, 0.15) is 49.1 Å². The van der Waals surface area contributed by atoms with E-state index in [-0.39, 0.29) is 0 Å². The number of aromatic nitrogens is 1. The van der Waals surface area contributed by atoms with Gasteiger partial charge >= 0.3 is 0 Å². The first kappa shape index (κ1) is 15.4. The number of hydrogen-bond donors (Lipinski definition) is 0. The van der Waals surface area contributed by atoms with E-state index in [0.717, 1.165) is 5.92 Å². The highest BCUT2D eigenvalue weighted by Crippen LogP contribution is 2.34. The van der Waals surface area contributed by atoms with Crippen molar-refractivity contribution < 1.29 is 4.57 Å². The lowest BCUT2D eigenvalue weighted by Gasteiger charge is -2.22. The molecule has 1 aliphatic rings. The fourth-order valence-electron chi connectivity index (χ4n) is 4.18. The third-order valence-corrected chi connectivity index (χ3v) is 5.61. The SMILES string of the molecule is Cc1ccccc1-c1cc2ccc(C3CCCCC3)cc2c[n+]1C. The Kier molecular flexibility index (Phi) is 4.10. The van der Waals surface area contributed by atoms with E-state index in [4.69, 9.17) is 0 Å². The summed E-state index contributed by atoms with van der Waals surface area (Å²) in [5.74, 6) is 0.768. The molecule has 1 saturated carbocycles. The zero-order valence-corrected chi connectivity index (χ0v) is 14.8. The van der Waals surface area contributed by atoms with Crippen molar-refractivity contribution >= 4 is 10.8 Å². The van der Waals surface area contributed by atoms with E-state index < -0.39 is 0 Å². The summed E-state index contributed by atoms with van der Waals surface area (Å²) in [4.78, 5) is 0. The molecule has 0 N–H and O–H groups in total. The van der Waals surface area contributed by atoms with Gasteiger partial charge < -0.3 is 0 Å². The van der Waals surface area contributed by atoms with E-state index in [9.17, 15) is 0 Å². The van der Waals surface area contributed by atoms with Crippen LogP contribution in [0.25, 0.3) is 22.0 Å². The Morgan fingerprint density at radius 2 is 1.67 bits per heavy atom. The average Bonchev–Trinajstić information content (AvgIpc) is 2.62. The van der Waals surface area contributed by atoms with Gasteiger partial charge in [0.25, 0.3) is 0 Å². The van der Waals surface area contributed by atoms with Gasteiger partial charge in [0.1, 0.15) is 7.05 Å². The largest absolute Gasteiger partial charge is 0.213 e. The Bertz CT molecular complexity index is 872. The molecule has 0 aliphatic heterocycles. The molecule has 1 heterocycles. The first-order valence-electron chi connectivity index (χ1n) is 9.22. The van der Waals surface area contributed by atoms with Crippen LogP contribution in [0.3, 0.4) is 0 Å². The van der Waals surface area contributed by atoms with Gasteiger partial charge in [0.05, 0.1) is 0 Å². The Morgan fingerprint density at radius 1 is 0.875 bits per heavy atom. The fraction of sp³-hybridized carbons (Fsp3) is 0.348. The van der Waals surface area contributed by atoms with Crippen LogP contribution < -0.4 is 4.57 Å². The zero-order chi connectivity index (χ0) is 16.5. The summed E-state index contributed by atoms with van der Waals surface area (Å²) in [5, 5.41) is 2.70. The second-order valence-electron chi connectivity index (χ2n) is 7.31. The lowest BCUT2D eigenvalue weighted by molar-refractivity contribution is -0.659. The molecule has 122 valence electrons. The maximum Gasteiger partial charge on any atom is 0.213 e. The van der Waals surface area contributed by atoms with E-state index in [1.165, 1.54) is 65.3 Å². The Morgan fingerprint density at radius 3 is 2.46 bits per heavy atom. The highest BCUT2D eigenvalue weighted by Gasteiger charge is 2.18. The summed E-state index contributed by atoms with van der Waals surface area (Å²) in [7, 11) is 2.16. The van der Waals surface area contributed by atoms with Gasteiger partial charge in [0, 0.05) is 17.0 Å². The first-order valence-corrected chi connectivity index (χ1v) is 9.22. The van der Waals surface area contributed by atoms with E-state index in [0.29, 0.717) is 0 Å². The number of pyridine rings is 1. The lowest BCUT2D eigenvalue weighted by Crippen LogP contribution is -2.30. The van der Waals surface area contributed by atoms with Crippen LogP contribution in [0, 0.1) is 6.92 Å². The van der Waals surface area contributed by atoms with Crippen molar-refractivity contribution in [3.8, 4) is 11.3 Å². The molecule has 1 fully saturated rings. The molecule has 0 radical (unpaired) electrons. The molecule has 2 aromatic carbocycles. The molecule has 1 aliphatic carbocycles. The molecule has 1 nitrogen and oxygen atoms in total. The predicted molar refractivity (Wildman–Crippen MR) is 101 cm³/mol. The molecule has 0 unspecified atom stereocenters. The second kappa shape index (κ2) is 6.39. The number of hydrogen-bond acceptors (Lipinski definition) is 0. The monoisotopic (exact) mass is 316 g/mol. The van der Waals surface area contributed by atoms with E-state index >= 15 is 0 Å². The molecule has 0 spiro atoms. The maximum absolute atomic E-state index is 2.42. The van der Waals surface area contributed by atoms with Gasteiger partial charge in [-0.3, -0.25) is 0 Å². The predicted octanol–water partition coefficient (Wildman–Crippen LogP) is 5.69. The van der Waals surface area contributed by atoms with Gasteiger partial charge in [0.2, 0.25) is 5.69 Å². The van der Waals surface area contributed by atoms with Crippen LogP contribution in [-0.4, -0.2) is 0 Å². The third-order valence-electron chi connectivity index (χ3n) is 5.61. The highest BCUT2D eigenvalue weighted by atomic mass is 14.9. The summed E-state index contributed by atoms with van der Waals surface area (Å²) in [5.41, 5.74) is 5.46. The van der Waals surface area contributed by atoms with Crippen LogP contribution in [0.4, 0.5) is 0 Å². The van der Waals surface area contributed by atoms with Crippen molar-refractivity contribution in [3.05, 3.63) is 65.9 Å². The van der Waals surface area contributed by atoms with Gasteiger partial charge in [-0.15, -0.1) is 0 Å². The number of rotatable bonds is 2. The standard InChI is InChI=1S/C23H26N/c1-17-8-6-7-11-22(17)23-15-20-13-12-19(14-21(20)16-24(23)2)18-9-4-3-5-10-18/h6-8,11-16,18H,3-5,9-10H2,1-2H3/q+1. The van der Waals surface area contributed by atoms with Crippen molar-refractivity contribution in [1.29, 1.82) is 0 Å². The van der Waals surface area contributed by atoms with E-state index in [2.05, 4.69) is 73.3 Å². The molecule has 1 heteroatoms. The number of fused-ring (bicyclic) bond motifs is 1. The van der Waals surface area contributed by atoms with E-state index in [1.54, 1.807) is 0 Å². The van der Waals surface area contributed by atoms with Crippen molar-refractivity contribution in [2.24, 2.45) is 7.05 Å². The smallest absolute Gasteiger partial charge is 0.200 e. The fourth-order valence-corrected chi connectivity index (χ4v) is 4.18. The van der Waals surface area contributed by atoms with Gasteiger partial charge in [-0.05, 0) is 54.3 Å². The van der Waals surface area contributed by atoms with Gasteiger partial charge in [0.15, 0.2) is 6.20 Å². The molecule has 4 rings (SSSR count). The minimum atomic E-state index is 0.768.